The lowest BCUT2D eigenvalue weighted by atomic mass is 10.1. The zero-order chi connectivity index (χ0) is 14.9. The lowest BCUT2D eigenvalue weighted by Crippen LogP contribution is -1.97. The van der Waals surface area contributed by atoms with Crippen molar-refractivity contribution in [3.63, 3.8) is 0 Å². The minimum absolute atomic E-state index is 0.234. The van der Waals surface area contributed by atoms with Crippen molar-refractivity contribution in [3.05, 3.63) is 59.9 Å². The molecule has 0 fully saturated rings. The van der Waals surface area contributed by atoms with Gasteiger partial charge < -0.3 is 9.84 Å². The molecular weight excluding hydrogens is 266 g/mol. The van der Waals surface area contributed by atoms with Gasteiger partial charge in [0.05, 0.1) is 0 Å². The molecule has 0 unspecified atom stereocenters. The summed E-state index contributed by atoms with van der Waals surface area (Å²) >= 11 is 0. The maximum Gasteiger partial charge on any atom is 0.303 e. The van der Waals surface area contributed by atoms with Crippen LogP contribution < -0.4 is 4.74 Å². The number of hydrogen-bond acceptors (Lipinski definition) is 3. The van der Waals surface area contributed by atoms with Gasteiger partial charge in [-0.05, 0) is 54.7 Å². The third kappa shape index (κ3) is 5.65. The van der Waals surface area contributed by atoms with Gasteiger partial charge in [0.2, 0.25) is 0 Å². The summed E-state index contributed by atoms with van der Waals surface area (Å²) in [6, 6.07) is 11.8. The molecule has 21 heavy (non-hydrogen) atoms. The van der Waals surface area contributed by atoms with E-state index < -0.39 is 5.97 Å². The van der Waals surface area contributed by atoms with Crippen molar-refractivity contribution in [2.24, 2.45) is 0 Å². The number of aryl methyl sites for hydroxylation is 1. The number of benzene rings is 1. The van der Waals surface area contributed by atoms with Crippen molar-refractivity contribution in [3.8, 4) is 5.75 Å². The average Bonchev–Trinajstić information content (AvgIpc) is 2.51. The molecule has 0 spiro atoms. The Bertz CT molecular complexity index is 569. The topological polar surface area (TPSA) is 59.4 Å². The highest BCUT2D eigenvalue weighted by Gasteiger charge is 2.00. The van der Waals surface area contributed by atoms with E-state index in [-0.39, 0.29) is 6.42 Å². The van der Waals surface area contributed by atoms with Crippen LogP contribution in [0.3, 0.4) is 0 Å². The van der Waals surface area contributed by atoms with E-state index in [1.807, 2.05) is 36.4 Å². The molecule has 0 saturated carbocycles. The van der Waals surface area contributed by atoms with Gasteiger partial charge in [-0.2, -0.15) is 0 Å². The molecule has 110 valence electrons. The van der Waals surface area contributed by atoms with Gasteiger partial charge in [0, 0.05) is 18.8 Å². The van der Waals surface area contributed by atoms with E-state index in [1.54, 1.807) is 12.4 Å². The number of carbonyl (C=O) groups is 1. The quantitative estimate of drug-likeness (QED) is 0.755. The van der Waals surface area contributed by atoms with Crippen LogP contribution >= 0.6 is 0 Å². The van der Waals surface area contributed by atoms with Crippen molar-refractivity contribution >= 4 is 5.97 Å². The van der Waals surface area contributed by atoms with Crippen molar-refractivity contribution in [2.45, 2.75) is 32.3 Å². The molecule has 1 aromatic carbocycles. The minimum Gasteiger partial charge on any atom is -0.489 e. The number of hydrogen-bond donors (Lipinski definition) is 1. The zero-order valence-electron chi connectivity index (χ0n) is 11.9. The Balaban J connectivity index is 1.81. The highest BCUT2D eigenvalue weighted by Crippen LogP contribution is 2.17. The summed E-state index contributed by atoms with van der Waals surface area (Å²) in [6.07, 6.45) is 6.19. The van der Waals surface area contributed by atoms with Gasteiger partial charge in [-0.1, -0.05) is 12.1 Å². The van der Waals surface area contributed by atoms with E-state index in [1.165, 1.54) is 5.56 Å². The molecule has 0 bridgehead atoms. The van der Waals surface area contributed by atoms with Gasteiger partial charge in [-0.3, -0.25) is 9.78 Å². The molecule has 2 rings (SSSR count). The number of aromatic nitrogens is 1. The van der Waals surface area contributed by atoms with Gasteiger partial charge in [-0.25, -0.2) is 0 Å². The highest BCUT2D eigenvalue weighted by atomic mass is 16.5. The normalized spacial score (nSPS) is 10.3. The summed E-state index contributed by atoms with van der Waals surface area (Å²) < 4.78 is 5.76. The maximum atomic E-state index is 10.5. The molecule has 1 aromatic heterocycles. The van der Waals surface area contributed by atoms with Crippen molar-refractivity contribution in [1.82, 2.24) is 4.98 Å². The molecule has 0 aliphatic rings. The number of unbranched alkanes of at least 4 members (excludes halogenated alkanes) is 1. The second-order valence-electron chi connectivity index (χ2n) is 4.89. The number of ether oxygens (including phenoxy) is 1. The Morgan fingerprint density at radius 3 is 2.67 bits per heavy atom. The summed E-state index contributed by atoms with van der Waals surface area (Å²) in [7, 11) is 0. The number of carboxylic acid groups (broad SMARTS) is 1. The molecule has 4 heteroatoms. The van der Waals surface area contributed by atoms with Crippen LogP contribution in [0.4, 0.5) is 0 Å². The summed E-state index contributed by atoms with van der Waals surface area (Å²) in [5, 5.41) is 8.61. The molecule has 1 N–H and O–H groups in total. The van der Waals surface area contributed by atoms with Crippen molar-refractivity contribution in [1.29, 1.82) is 0 Å². The first-order valence-electron chi connectivity index (χ1n) is 7.06. The molecule has 1 heterocycles. The molecule has 0 atom stereocenters. The fourth-order valence-corrected chi connectivity index (χ4v) is 2.04. The average molecular weight is 285 g/mol. The first-order chi connectivity index (χ1) is 10.2. The number of carboxylic acids is 1. The molecule has 0 aliphatic carbocycles. The van der Waals surface area contributed by atoms with Gasteiger partial charge in [-0.15, -0.1) is 0 Å². The van der Waals surface area contributed by atoms with E-state index in [4.69, 9.17) is 9.84 Å². The van der Waals surface area contributed by atoms with Crippen LogP contribution in [-0.4, -0.2) is 16.1 Å². The second-order valence-corrected chi connectivity index (χ2v) is 4.89. The van der Waals surface area contributed by atoms with E-state index in [0.29, 0.717) is 13.0 Å². The van der Waals surface area contributed by atoms with Crippen LogP contribution in [0.15, 0.2) is 48.8 Å². The third-order valence-electron chi connectivity index (χ3n) is 3.16. The molecule has 2 aromatic rings. The van der Waals surface area contributed by atoms with E-state index in [9.17, 15) is 4.79 Å². The van der Waals surface area contributed by atoms with Crippen molar-refractivity contribution in [2.75, 3.05) is 0 Å². The van der Waals surface area contributed by atoms with Crippen LogP contribution in [-0.2, 0) is 17.8 Å². The fourth-order valence-electron chi connectivity index (χ4n) is 2.04. The van der Waals surface area contributed by atoms with Gasteiger partial charge in [0.15, 0.2) is 0 Å². The van der Waals surface area contributed by atoms with Crippen LogP contribution in [0.2, 0.25) is 0 Å². The smallest absolute Gasteiger partial charge is 0.303 e. The number of nitrogens with zero attached hydrogens (tertiary/aromatic N) is 1. The lowest BCUT2D eigenvalue weighted by Gasteiger charge is -2.08. The summed E-state index contributed by atoms with van der Waals surface area (Å²) in [6.45, 7) is 0.519. The Labute approximate surface area is 124 Å². The van der Waals surface area contributed by atoms with E-state index in [0.717, 1.165) is 24.2 Å². The molecule has 0 saturated heterocycles. The monoisotopic (exact) mass is 285 g/mol. The summed E-state index contributed by atoms with van der Waals surface area (Å²) in [5.74, 6) is 0.104. The lowest BCUT2D eigenvalue weighted by molar-refractivity contribution is -0.137. The highest BCUT2D eigenvalue weighted by molar-refractivity contribution is 5.66. The Morgan fingerprint density at radius 2 is 1.90 bits per heavy atom. The second kappa shape index (κ2) is 8.04. The molecule has 4 nitrogen and oxygen atoms in total. The van der Waals surface area contributed by atoms with Gasteiger partial charge >= 0.3 is 5.97 Å². The molecule has 0 radical (unpaired) electrons. The van der Waals surface area contributed by atoms with E-state index in [2.05, 4.69) is 4.98 Å². The minimum atomic E-state index is -0.732. The van der Waals surface area contributed by atoms with Gasteiger partial charge in [0.1, 0.15) is 12.4 Å². The van der Waals surface area contributed by atoms with E-state index >= 15 is 0 Å². The number of rotatable bonds is 8. The zero-order valence-corrected chi connectivity index (χ0v) is 11.9. The van der Waals surface area contributed by atoms with Gasteiger partial charge in [0.25, 0.3) is 0 Å². The fraction of sp³-hybridized carbons (Fsp3) is 0.294. The van der Waals surface area contributed by atoms with Crippen LogP contribution in [0, 0.1) is 0 Å². The maximum absolute atomic E-state index is 10.5. The first-order valence-corrected chi connectivity index (χ1v) is 7.06. The standard InChI is InChI=1S/C17H19NO3/c19-17(20)7-2-1-4-14-5-3-6-16(12-14)21-13-15-8-10-18-11-9-15/h3,5-6,8-12H,1-2,4,7,13H2,(H,19,20). The Kier molecular flexibility index (Phi) is 5.76. The van der Waals surface area contributed by atoms with Crippen molar-refractivity contribution < 1.29 is 14.6 Å². The Hall–Kier alpha value is -2.36. The number of aliphatic carboxylic acids is 1. The van der Waals surface area contributed by atoms with Crippen LogP contribution in [0.5, 0.6) is 5.75 Å². The summed E-state index contributed by atoms with van der Waals surface area (Å²) in [4.78, 5) is 14.4. The first kappa shape index (κ1) is 15.0. The van der Waals surface area contributed by atoms with Crippen LogP contribution in [0.1, 0.15) is 30.4 Å². The SMILES string of the molecule is O=C(O)CCCCc1cccc(OCc2ccncc2)c1. The predicted octanol–water partition coefficient (Wildman–Crippen LogP) is 3.46. The summed E-state index contributed by atoms with van der Waals surface area (Å²) in [5.41, 5.74) is 2.25. The largest absolute Gasteiger partial charge is 0.489 e. The Morgan fingerprint density at radius 1 is 1.10 bits per heavy atom. The molecule has 0 amide bonds. The molecule has 0 aliphatic heterocycles. The van der Waals surface area contributed by atoms with Crippen LogP contribution in [0.25, 0.3) is 0 Å². The third-order valence-corrected chi connectivity index (χ3v) is 3.16. The number of pyridine rings is 1. The predicted molar refractivity (Wildman–Crippen MR) is 80.2 cm³/mol. The molecular formula is C17H19NO3.